The van der Waals surface area contributed by atoms with Gasteiger partial charge in [0.25, 0.3) is 0 Å². The summed E-state index contributed by atoms with van der Waals surface area (Å²) in [6.07, 6.45) is 0.249. The van der Waals surface area contributed by atoms with Crippen LogP contribution in [0.4, 0.5) is 4.39 Å². The molecule has 0 aromatic carbocycles. The number of sulfonamides is 1. The topological polar surface area (TPSA) is 63.4 Å². The van der Waals surface area contributed by atoms with Crippen LogP contribution in [0, 0.1) is 0 Å². The average Bonchev–Trinajstić information content (AvgIpc) is 1.92. The van der Waals surface area contributed by atoms with Gasteiger partial charge in [-0.1, -0.05) is 0 Å². The molecule has 0 bridgehead atoms. The van der Waals surface area contributed by atoms with Crippen LogP contribution >= 0.6 is 0 Å². The van der Waals surface area contributed by atoms with Crippen LogP contribution in [-0.4, -0.2) is 44.3 Å². The molecule has 0 amide bonds. The first-order valence-electron chi connectivity index (χ1n) is 3.76. The highest BCUT2D eigenvalue weighted by atomic mass is 32.2. The summed E-state index contributed by atoms with van der Waals surface area (Å²) in [4.78, 5) is 0. The maximum Gasteiger partial charge on any atom is 0.211 e. The largest absolute Gasteiger partial charge is 0.325 e. The Morgan fingerprint density at radius 1 is 1.58 bits per heavy atom. The molecule has 1 rings (SSSR count). The van der Waals surface area contributed by atoms with Crippen molar-refractivity contribution in [3.63, 3.8) is 0 Å². The Balaban J connectivity index is 2.64. The molecule has 6 heteroatoms. The van der Waals surface area contributed by atoms with Crippen LogP contribution in [0.25, 0.3) is 0 Å². The summed E-state index contributed by atoms with van der Waals surface area (Å²) in [6, 6.07) is -0.511. The number of hydrogen-bond acceptors (Lipinski definition) is 3. The van der Waals surface area contributed by atoms with E-state index in [2.05, 4.69) is 0 Å². The Bertz CT molecular complexity index is 254. The minimum absolute atomic E-state index is 0.0972. The summed E-state index contributed by atoms with van der Waals surface area (Å²) in [6.45, 7) is 0.237. The fourth-order valence-corrected chi connectivity index (χ4v) is 2.05. The number of nitrogens with zero attached hydrogens (tertiary/aromatic N) is 1. The van der Waals surface area contributed by atoms with E-state index in [4.69, 9.17) is 5.73 Å². The standard InChI is InChI=1S/C6H13FN2O2S/c1-12(10,11)9-3-2-6(8)5(7)4-9/h5-6H,2-4,8H2,1H3/t5-,6+/m1/s1. The zero-order valence-electron chi connectivity index (χ0n) is 6.90. The molecule has 12 heavy (non-hydrogen) atoms. The van der Waals surface area contributed by atoms with Crippen molar-refractivity contribution in [2.75, 3.05) is 19.3 Å². The van der Waals surface area contributed by atoms with Crippen LogP contribution < -0.4 is 5.73 Å². The predicted octanol–water partition coefficient (Wildman–Crippen LogP) is -0.683. The normalized spacial score (nSPS) is 33.6. The molecule has 0 radical (unpaired) electrons. The van der Waals surface area contributed by atoms with Gasteiger partial charge < -0.3 is 5.73 Å². The number of halogens is 1. The summed E-state index contributed by atoms with van der Waals surface area (Å²) in [7, 11) is -3.24. The van der Waals surface area contributed by atoms with E-state index >= 15 is 0 Å². The molecule has 0 spiro atoms. The molecule has 0 aliphatic carbocycles. The van der Waals surface area contributed by atoms with Gasteiger partial charge in [-0.05, 0) is 6.42 Å². The van der Waals surface area contributed by atoms with E-state index in [1.54, 1.807) is 0 Å². The van der Waals surface area contributed by atoms with Crippen molar-refractivity contribution >= 4 is 10.0 Å². The van der Waals surface area contributed by atoms with Crippen molar-refractivity contribution in [3.8, 4) is 0 Å². The Morgan fingerprint density at radius 2 is 2.17 bits per heavy atom. The van der Waals surface area contributed by atoms with Gasteiger partial charge in [0.15, 0.2) is 0 Å². The van der Waals surface area contributed by atoms with Gasteiger partial charge in [0.1, 0.15) is 6.17 Å². The van der Waals surface area contributed by atoms with Gasteiger partial charge in [-0.2, -0.15) is 4.31 Å². The van der Waals surface area contributed by atoms with Crippen LogP contribution in [0.1, 0.15) is 6.42 Å². The van der Waals surface area contributed by atoms with E-state index in [0.29, 0.717) is 13.0 Å². The minimum Gasteiger partial charge on any atom is -0.325 e. The first-order valence-corrected chi connectivity index (χ1v) is 5.61. The molecule has 1 heterocycles. The molecule has 1 saturated heterocycles. The van der Waals surface area contributed by atoms with Crippen LogP contribution in [-0.2, 0) is 10.0 Å². The maximum absolute atomic E-state index is 12.9. The zero-order chi connectivity index (χ0) is 9.35. The molecule has 0 aromatic heterocycles. The monoisotopic (exact) mass is 196 g/mol. The van der Waals surface area contributed by atoms with E-state index in [9.17, 15) is 12.8 Å². The second-order valence-electron chi connectivity index (χ2n) is 3.09. The fraction of sp³-hybridized carbons (Fsp3) is 1.00. The third-order valence-electron chi connectivity index (χ3n) is 2.02. The third-order valence-corrected chi connectivity index (χ3v) is 3.29. The van der Waals surface area contributed by atoms with Gasteiger partial charge in [0, 0.05) is 19.1 Å². The molecule has 72 valence electrons. The summed E-state index contributed by atoms with van der Waals surface area (Å²) >= 11 is 0. The predicted molar refractivity (Wildman–Crippen MR) is 43.9 cm³/mol. The first-order chi connectivity index (χ1) is 5.41. The molecule has 0 saturated carbocycles. The van der Waals surface area contributed by atoms with Gasteiger partial charge in [-0.15, -0.1) is 0 Å². The lowest BCUT2D eigenvalue weighted by Crippen LogP contribution is -2.50. The van der Waals surface area contributed by atoms with E-state index in [1.165, 1.54) is 0 Å². The molecule has 0 unspecified atom stereocenters. The lowest BCUT2D eigenvalue weighted by molar-refractivity contribution is 0.177. The molecule has 0 aromatic rings. The van der Waals surface area contributed by atoms with Crippen molar-refractivity contribution in [2.45, 2.75) is 18.6 Å². The van der Waals surface area contributed by atoms with Crippen molar-refractivity contribution < 1.29 is 12.8 Å². The molecule has 2 N–H and O–H groups in total. The molecule has 1 aliphatic heterocycles. The first kappa shape index (κ1) is 9.88. The number of rotatable bonds is 1. The lowest BCUT2D eigenvalue weighted by atomic mass is 10.1. The summed E-state index contributed by atoms with van der Waals surface area (Å²) in [5, 5.41) is 0. The van der Waals surface area contributed by atoms with Crippen LogP contribution in [0.3, 0.4) is 0 Å². The SMILES string of the molecule is CS(=O)(=O)N1CC[C@H](N)[C@H](F)C1. The highest BCUT2D eigenvalue weighted by molar-refractivity contribution is 7.88. The Hall–Kier alpha value is -0.200. The van der Waals surface area contributed by atoms with Crippen LogP contribution in [0.15, 0.2) is 0 Å². The van der Waals surface area contributed by atoms with Gasteiger partial charge in [-0.3, -0.25) is 0 Å². The number of alkyl halides is 1. The third kappa shape index (κ3) is 2.15. The second-order valence-corrected chi connectivity index (χ2v) is 5.07. The maximum atomic E-state index is 12.9. The van der Waals surface area contributed by atoms with E-state index in [1.807, 2.05) is 0 Å². The molecule has 1 aliphatic rings. The number of piperidine rings is 1. The molecule has 2 atom stereocenters. The summed E-state index contributed by atoms with van der Waals surface area (Å²) < 4.78 is 36.0. The fourth-order valence-electron chi connectivity index (χ4n) is 1.20. The van der Waals surface area contributed by atoms with Crippen molar-refractivity contribution in [1.29, 1.82) is 0 Å². The van der Waals surface area contributed by atoms with Gasteiger partial charge in [-0.25, -0.2) is 12.8 Å². The molecular formula is C6H13FN2O2S. The van der Waals surface area contributed by atoms with Gasteiger partial charge >= 0.3 is 0 Å². The van der Waals surface area contributed by atoms with Gasteiger partial charge in [0.05, 0.1) is 6.26 Å². The lowest BCUT2D eigenvalue weighted by Gasteiger charge is -2.30. The summed E-state index contributed by atoms with van der Waals surface area (Å²) in [5.41, 5.74) is 5.39. The number of hydrogen-bond donors (Lipinski definition) is 1. The Kier molecular flexibility index (Phi) is 2.70. The van der Waals surface area contributed by atoms with Crippen LogP contribution in [0.2, 0.25) is 0 Å². The van der Waals surface area contributed by atoms with Gasteiger partial charge in [0.2, 0.25) is 10.0 Å². The molecule has 1 fully saturated rings. The highest BCUT2D eigenvalue weighted by Crippen LogP contribution is 2.14. The Morgan fingerprint density at radius 3 is 2.58 bits per heavy atom. The van der Waals surface area contributed by atoms with Crippen molar-refractivity contribution in [2.24, 2.45) is 5.73 Å². The van der Waals surface area contributed by atoms with E-state index in [0.717, 1.165) is 10.6 Å². The smallest absolute Gasteiger partial charge is 0.211 e. The zero-order valence-corrected chi connectivity index (χ0v) is 7.72. The summed E-state index contributed by atoms with van der Waals surface area (Å²) in [5.74, 6) is 0. The quantitative estimate of drug-likeness (QED) is 0.604. The van der Waals surface area contributed by atoms with E-state index < -0.39 is 22.2 Å². The van der Waals surface area contributed by atoms with E-state index in [-0.39, 0.29) is 6.54 Å². The average molecular weight is 196 g/mol. The highest BCUT2D eigenvalue weighted by Gasteiger charge is 2.30. The number of nitrogens with two attached hydrogens (primary N) is 1. The molecule has 4 nitrogen and oxygen atoms in total. The Labute approximate surface area is 71.6 Å². The second kappa shape index (κ2) is 3.27. The minimum atomic E-state index is -3.24. The van der Waals surface area contributed by atoms with Crippen molar-refractivity contribution in [1.82, 2.24) is 4.31 Å². The molecular weight excluding hydrogens is 183 g/mol. The van der Waals surface area contributed by atoms with Crippen LogP contribution in [0.5, 0.6) is 0 Å². The van der Waals surface area contributed by atoms with Crippen molar-refractivity contribution in [3.05, 3.63) is 0 Å².